The van der Waals surface area contributed by atoms with Gasteiger partial charge in [0.25, 0.3) is 10.0 Å². The van der Waals surface area contributed by atoms with Crippen LogP contribution in [0.25, 0.3) is 0 Å². The Balaban J connectivity index is 1.76. The van der Waals surface area contributed by atoms with Crippen molar-refractivity contribution < 1.29 is 13.2 Å². The molecule has 0 radical (unpaired) electrons. The van der Waals surface area contributed by atoms with Crippen LogP contribution in [-0.4, -0.2) is 56.3 Å². The van der Waals surface area contributed by atoms with Crippen molar-refractivity contribution in [2.24, 2.45) is 0 Å². The number of carbonyl (C=O) groups excluding carboxylic acids is 1. The van der Waals surface area contributed by atoms with Crippen molar-refractivity contribution in [3.63, 3.8) is 0 Å². The van der Waals surface area contributed by atoms with Gasteiger partial charge in [-0.15, -0.1) is 11.3 Å². The quantitative estimate of drug-likeness (QED) is 0.763. The number of hydrogen-bond donors (Lipinski definition) is 1. The molecule has 1 saturated heterocycles. The van der Waals surface area contributed by atoms with Gasteiger partial charge in [0.05, 0.1) is 0 Å². The molecule has 27 heavy (non-hydrogen) atoms. The molecule has 0 atom stereocenters. The minimum absolute atomic E-state index is 0.00659. The van der Waals surface area contributed by atoms with Crippen LogP contribution < -0.4 is 5.32 Å². The van der Waals surface area contributed by atoms with Crippen LogP contribution in [0.4, 0.5) is 0 Å². The zero-order valence-corrected chi connectivity index (χ0v) is 17.1. The maximum absolute atomic E-state index is 13.1. The van der Waals surface area contributed by atoms with Crippen molar-refractivity contribution in [2.45, 2.75) is 24.1 Å². The summed E-state index contributed by atoms with van der Waals surface area (Å²) in [4.78, 5) is 14.3. The van der Waals surface area contributed by atoms with Gasteiger partial charge in [-0.3, -0.25) is 4.79 Å². The number of hydrogen-bond acceptors (Lipinski definition) is 5. The monoisotopic (exact) mass is 407 g/mol. The van der Waals surface area contributed by atoms with Crippen LogP contribution in [0, 0.1) is 6.92 Å². The van der Waals surface area contributed by atoms with Crippen LogP contribution in [0.1, 0.15) is 17.5 Å². The number of benzene rings is 1. The summed E-state index contributed by atoms with van der Waals surface area (Å²) in [5, 5.41) is 4.97. The van der Waals surface area contributed by atoms with Crippen molar-refractivity contribution in [3.8, 4) is 0 Å². The second-order valence-corrected chi connectivity index (χ2v) is 9.75. The first-order valence-corrected chi connectivity index (χ1v) is 11.4. The summed E-state index contributed by atoms with van der Waals surface area (Å²) in [6.45, 7) is 5.34. The molecule has 1 N–H and O–H groups in total. The molecular weight excluding hydrogens is 382 g/mol. The van der Waals surface area contributed by atoms with Crippen molar-refractivity contribution in [1.82, 2.24) is 14.5 Å². The molecule has 2 aromatic rings. The van der Waals surface area contributed by atoms with E-state index in [0.29, 0.717) is 17.3 Å². The first-order chi connectivity index (χ1) is 13.0. The fourth-order valence-electron chi connectivity index (χ4n) is 3.13. The molecule has 3 rings (SSSR count). The lowest BCUT2D eigenvalue weighted by Crippen LogP contribution is -2.47. The predicted octanol–water partition coefficient (Wildman–Crippen LogP) is 2.07. The number of thiophene rings is 1. The first-order valence-electron chi connectivity index (χ1n) is 9.04. The lowest BCUT2D eigenvalue weighted by Gasteiger charge is -2.28. The van der Waals surface area contributed by atoms with Gasteiger partial charge in [0.2, 0.25) is 5.91 Å². The number of rotatable bonds is 7. The van der Waals surface area contributed by atoms with Gasteiger partial charge in [0, 0.05) is 45.7 Å². The van der Waals surface area contributed by atoms with E-state index in [-0.39, 0.29) is 25.4 Å². The average molecular weight is 408 g/mol. The number of amides is 1. The third-order valence-electron chi connectivity index (χ3n) is 4.58. The highest BCUT2D eigenvalue weighted by Crippen LogP contribution is 2.23. The third-order valence-corrected chi connectivity index (χ3v) is 7.79. The van der Waals surface area contributed by atoms with E-state index >= 15 is 0 Å². The van der Waals surface area contributed by atoms with E-state index < -0.39 is 10.0 Å². The molecule has 0 spiro atoms. The highest BCUT2D eigenvalue weighted by molar-refractivity contribution is 7.91. The number of aryl methyl sites for hydroxylation is 1. The predicted molar refractivity (Wildman–Crippen MR) is 107 cm³/mol. The van der Waals surface area contributed by atoms with Gasteiger partial charge in [-0.25, -0.2) is 8.42 Å². The molecule has 0 bridgehead atoms. The minimum Gasteiger partial charge on any atom is -0.340 e. The molecule has 1 amide bonds. The van der Waals surface area contributed by atoms with Crippen molar-refractivity contribution in [3.05, 3.63) is 52.9 Å². The molecule has 1 aromatic carbocycles. The summed E-state index contributed by atoms with van der Waals surface area (Å²) in [6, 6.07) is 11.1. The van der Waals surface area contributed by atoms with Gasteiger partial charge >= 0.3 is 0 Å². The minimum atomic E-state index is -3.63. The number of nitrogens with zero attached hydrogens (tertiary/aromatic N) is 2. The maximum Gasteiger partial charge on any atom is 0.252 e. The van der Waals surface area contributed by atoms with Gasteiger partial charge < -0.3 is 10.2 Å². The van der Waals surface area contributed by atoms with Crippen LogP contribution in [0.15, 0.2) is 46.0 Å². The van der Waals surface area contributed by atoms with E-state index in [1.807, 2.05) is 31.2 Å². The van der Waals surface area contributed by atoms with Crippen LogP contribution >= 0.6 is 11.3 Å². The smallest absolute Gasteiger partial charge is 0.252 e. The molecule has 146 valence electrons. The molecule has 0 aliphatic carbocycles. The molecule has 2 heterocycles. The summed E-state index contributed by atoms with van der Waals surface area (Å²) >= 11 is 1.20. The molecular formula is C19H25N3O3S2. The fourth-order valence-corrected chi connectivity index (χ4v) is 5.70. The number of nitrogens with one attached hydrogen (secondary N) is 1. The van der Waals surface area contributed by atoms with Gasteiger partial charge in [0.15, 0.2) is 0 Å². The highest BCUT2D eigenvalue weighted by Gasteiger charge is 2.27. The molecule has 6 nitrogen and oxygen atoms in total. The fraction of sp³-hybridized carbons (Fsp3) is 0.421. The topological polar surface area (TPSA) is 69.7 Å². The zero-order chi connectivity index (χ0) is 19.3. The lowest BCUT2D eigenvalue weighted by atomic mass is 10.1. The largest absolute Gasteiger partial charge is 0.340 e. The number of carbonyl (C=O) groups is 1. The number of sulfonamides is 1. The third kappa shape index (κ3) is 5.16. The Kier molecular flexibility index (Phi) is 6.64. The summed E-state index contributed by atoms with van der Waals surface area (Å²) in [5.41, 5.74) is 2.00. The van der Waals surface area contributed by atoms with Gasteiger partial charge in [0.1, 0.15) is 4.21 Å². The SMILES string of the molecule is Cc1cccc(CN(CCC(=O)N2CCNCC2)S(=O)(=O)c2cccs2)c1. The van der Waals surface area contributed by atoms with Gasteiger partial charge in [-0.1, -0.05) is 35.9 Å². The van der Waals surface area contributed by atoms with E-state index in [9.17, 15) is 13.2 Å². The Hall–Kier alpha value is -1.74. The summed E-state index contributed by atoms with van der Waals surface area (Å²) in [7, 11) is -3.63. The molecule has 1 aliphatic heterocycles. The van der Waals surface area contributed by atoms with Crippen LogP contribution in [0.2, 0.25) is 0 Å². The van der Waals surface area contributed by atoms with Crippen molar-refractivity contribution >= 4 is 27.3 Å². The van der Waals surface area contributed by atoms with Crippen LogP contribution in [0.3, 0.4) is 0 Å². The van der Waals surface area contributed by atoms with Crippen molar-refractivity contribution in [1.29, 1.82) is 0 Å². The Morgan fingerprint density at radius 1 is 1.22 bits per heavy atom. The van der Waals surface area contributed by atoms with Gasteiger partial charge in [-0.05, 0) is 23.9 Å². The van der Waals surface area contributed by atoms with E-state index in [0.717, 1.165) is 24.2 Å². The average Bonchev–Trinajstić information content (AvgIpc) is 3.21. The standard InChI is InChI=1S/C19H25N3O3S2/c1-16-4-2-5-17(14-16)15-22(27(24,25)19-6-3-13-26-19)10-7-18(23)21-11-8-20-9-12-21/h2-6,13-14,20H,7-12,15H2,1H3. The van der Waals surface area contributed by atoms with Crippen molar-refractivity contribution in [2.75, 3.05) is 32.7 Å². The second-order valence-electron chi connectivity index (χ2n) is 6.64. The number of piperazine rings is 1. The van der Waals surface area contributed by atoms with E-state index in [4.69, 9.17) is 0 Å². The van der Waals surface area contributed by atoms with E-state index in [1.165, 1.54) is 15.6 Å². The summed E-state index contributed by atoms with van der Waals surface area (Å²) in [6.07, 6.45) is 0.191. The first kappa shape index (κ1) is 20.0. The zero-order valence-electron chi connectivity index (χ0n) is 15.4. The van der Waals surface area contributed by atoms with Crippen LogP contribution in [0.5, 0.6) is 0 Å². The Bertz CT molecular complexity index is 860. The molecule has 0 unspecified atom stereocenters. The second kappa shape index (κ2) is 8.97. The normalized spacial score (nSPS) is 15.3. The Morgan fingerprint density at radius 2 is 2.00 bits per heavy atom. The highest BCUT2D eigenvalue weighted by atomic mass is 32.2. The summed E-state index contributed by atoms with van der Waals surface area (Å²) < 4.78 is 27.9. The lowest BCUT2D eigenvalue weighted by molar-refractivity contribution is -0.131. The Morgan fingerprint density at radius 3 is 2.67 bits per heavy atom. The molecule has 1 fully saturated rings. The Labute approximate surface area is 164 Å². The van der Waals surface area contributed by atoms with E-state index in [2.05, 4.69) is 5.32 Å². The molecule has 1 aromatic heterocycles. The van der Waals surface area contributed by atoms with Gasteiger partial charge in [-0.2, -0.15) is 4.31 Å². The van der Waals surface area contributed by atoms with Crippen LogP contribution in [-0.2, 0) is 21.4 Å². The molecule has 1 aliphatic rings. The van der Waals surface area contributed by atoms with E-state index in [1.54, 1.807) is 22.4 Å². The summed E-state index contributed by atoms with van der Waals surface area (Å²) in [5.74, 6) is 0.00659. The maximum atomic E-state index is 13.1. The molecule has 8 heteroatoms. The molecule has 0 saturated carbocycles.